The molecule has 2 aromatic heterocycles. The minimum absolute atomic E-state index is 1.11. The molecule has 0 fully saturated rings. The summed E-state index contributed by atoms with van der Waals surface area (Å²) in [6.45, 7) is 0. The van der Waals surface area contributed by atoms with Gasteiger partial charge >= 0.3 is 0 Å². The molecule has 9 aromatic carbocycles. The van der Waals surface area contributed by atoms with Gasteiger partial charge in [0.05, 0.1) is 0 Å². The lowest BCUT2D eigenvalue weighted by Gasteiger charge is -2.27. The van der Waals surface area contributed by atoms with Crippen LogP contribution in [0.4, 0.5) is 17.1 Å². The van der Waals surface area contributed by atoms with Crippen LogP contribution in [-0.4, -0.2) is 0 Å². The Kier molecular flexibility index (Phi) is 7.61. The van der Waals surface area contributed by atoms with Crippen LogP contribution < -0.4 is 4.90 Å². The highest BCUT2D eigenvalue weighted by atomic mass is 32.1. The Hall–Kier alpha value is -6.52. The number of hydrogen-bond acceptors (Lipinski definition) is 3. The zero-order valence-corrected chi connectivity index (χ0v) is 31.4. The van der Waals surface area contributed by atoms with Crippen molar-refractivity contribution in [2.24, 2.45) is 0 Å². The number of hydrogen-bond donors (Lipinski definition) is 0. The minimum Gasteiger partial charge on any atom is -0.310 e. The molecule has 55 heavy (non-hydrogen) atoms. The molecule has 0 amide bonds. The standard InChI is InChI=1S/C52H33NS2/c1-2-17-42-34(11-1)12-9-20-43(42)38-14-8-16-41(32-38)53(39-28-25-35(26-29-39)44-21-10-24-51-52(44)46-19-4-6-23-49(46)55-51)40-15-7-13-36(31-40)37-27-30-50-47(33-37)45-18-3-5-22-48(45)54-50/h1-33H. The summed E-state index contributed by atoms with van der Waals surface area (Å²) in [6, 6.07) is 73.5. The fourth-order valence-corrected chi connectivity index (χ4v) is 10.5. The van der Waals surface area contributed by atoms with E-state index in [0.717, 1.165) is 17.1 Å². The van der Waals surface area contributed by atoms with Crippen molar-refractivity contribution < 1.29 is 0 Å². The lowest BCUT2D eigenvalue weighted by atomic mass is 9.97. The van der Waals surface area contributed by atoms with Crippen LogP contribution in [0.15, 0.2) is 200 Å². The number of rotatable bonds is 6. The molecule has 0 atom stereocenters. The maximum atomic E-state index is 2.40. The number of fused-ring (bicyclic) bond motifs is 7. The van der Waals surface area contributed by atoms with E-state index in [1.165, 1.54) is 84.5 Å². The van der Waals surface area contributed by atoms with Gasteiger partial charge < -0.3 is 4.90 Å². The molecule has 0 unspecified atom stereocenters. The van der Waals surface area contributed by atoms with Gasteiger partial charge in [-0.25, -0.2) is 0 Å². The average molecular weight is 736 g/mol. The van der Waals surface area contributed by atoms with Crippen LogP contribution in [0.5, 0.6) is 0 Å². The fourth-order valence-electron chi connectivity index (χ4n) is 8.27. The van der Waals surface area contributed by atoms with Crippen LogP contribution in [0.25, 0.3) is 84.5 Å². The molecule has 0 aliphatic heterocycles. The summed E-state index contributed by atoms with van der Waals surface area (Å²) in [6.07, 6.45) is 0. The molecule has 2 heterocycles. The number of benzene rings is 9. The van der Waals surface area contributed by atoms with E-state index in [0.29, 0.717) is 0 Å². The van der Waals surface area contributed by atoms with Gasteiger partial charge in [-0.15, -0.1) is 22.7 Å². The maximum Gasteiger partial charge on any atom is 0.0467 e. The second-order valence-corrected chi connectivity index (χ2v) is 16.3. The van der Waals surface area contributed by atoms with E-state index in [9.17, 15) is 0 Å². The highest BCUT2D eigenvalue weighted by Crippen LogP contribution is 2.43. The van der Waals surface area contributed by atoms with Gasteiger partial charge in [0.15, 0.2) is 0 Å². The predicted molar refractivity (Wildman–Crippen MR) is 241 cm³/mol. The van der Waals surface area contributed by atoms with Crippen LogP contribution in [0.2, 0.25) is 0 Å². The van der Waals surface area contributed by atoms with Gasteiger partial charge in [-0.05, 0) is 111 Å². The molecule has 0 saturated heterocycles. The van der Waals surface area contributed by atoms with Crippen LogP contribution in [-0.2, 0) is 0 Å². The molecule has 0 spiro atoms. The second-order valence-electron chi connectivity index (χ2n) is 14.1. The highest BCUT2D eigenvalue weighted by molar-refractivity contribution is 7.26. The van der Waals surface area contributed by atoms with Crippen molar-refractivity contribution in [2.45, 2.75) is 0 Å². The van der Waals surface area contributed by atoms with E-state index < -0.39 is 0 Å². The van der Waals surface area contributed by atoms with Crippen molar-refractivity contribution in [3.05, 3.63) is 200 Å². The zero-order chi connectivity index (χ0) is 36.3. The first kappa shape index (κ1) is 32.0. The minimum atomic E-state index is 1.11. The average Bonchev–Trinajstić information content (AvgIpc) is 3.82. The van der Waals surface area contributed by atoms with Gasteiger partial charge in [-0.2, -0.15) is 0 Å². The van der Waals surface area contributed by atoms with Gasteiger partial charge in [-0.3, -0.25) is 0 Å². The van der Waals surface area contributed by atoms with Crippen molar-refractivity contribution in [1.82, 2.24) is 0 Å². The van der Waals surface area contributed by atoms with E-state index in [2.05, 4.69) is 205 Å². The summed E-state index contributed by atoms with van der Waals surface area (Å²) in [5, 5.41) is 7.78. The molecule has 0 aliphatic carbocycles. The SMILES string of the molecule is c1cc(-c2ccc3sc4ccccc4c3c2)cc(N(c2ccc(-c3cccc4sc5ccccc5c34)cc2)c2cccc(-c3cccc4ccccc34)c2)c1. The van der Waals surface area contributed by atoms with E-state index in [-0.39, 0.29) is 0 Å². The van der Waals surface area contributed by atoms with E-state index in [1.54, 1.807) is 0 Å². The normalized spacial score (nSPS) is 11.6. The van der Waals surface area contributed by atoms with Crippen LogP contribution in [0.1, 0.15) is 0 Å². The molecule has 0 bridgehead atoms. The van der Waals surface area contributed by atoms with E-state index in [4.69, 9.17) is 0 Å². The number of nitrogens with zero attached hydrogens (tertiary/aromatic N) is 1. The first-order valence-electron chi connectivity index (χ1n) is 18.7. The Morgan fingerprint density at radius 1 is 0.291 bits per heavy atom. The Morgan fingerprint density at radius 3 is 1.67 bits per heavy atom. The topological polar surface area (TPSA) is 3.24 Å². The molecule has 0 radical (unpaired) electrons. The van der Waals surface area contributed by atoms with Crippen molar-refractivity contribution in [3.63, 3.8) is 0 Å². The van der Waals surface area contributed by atoms with E-state index >= 15 is 0 Å². The third-order valence-corrected chi connectivity index (χ3v) is 13.1. The summed E-state index contributed by atoms with van der Waals surface area (Å²) in [5.41, 5.74) is 10.6. The van der Waals surface area contributed by atoms with E-state index in [1.807, 2.05) is 22.7 Å². The Morgan fingerprint density at radius 2 is 0.836 bits per heavy atom. The lowest BCUT2D eigenvalue weighted by molar-refractivity contribution is 1.28. The van der Waals surface area contributed by atoms with Crippen molar-refractivity contribution in [1.29, 1.82) is 0 Å². The van der Waals surface area contributed by atoms with Gasteiger partial charge in [0.25, 0.3) is 0 Å². The Labute approximate surface area is 327 Å². The second kappa shape index (κ2) is 13.1. The molecular formula is C52H33NS2. The Balaban J connectivity index is 1.06. The molecular weight excluding hydrogens is 703 g/mol. The molecule has 258 valence electrons. The number of anilines is 3. The first-order valence-corrected chi connectivity index (χ1v) is 20.3. The largest absolute Gasteiger partial charge is 0.310 e. The summed E-state index contributed by atoms with van der Waals surface area (Å²) in [5.74, 6) is 0. The molecule has 0 aliphatic rings. The van der Waals surface area contributed by atoms with Crippen molar-refractivity contribution in [2.75, 3.05) is 4.90 Å². The summed E-state index contributed by atoms with van der Waals surface area (Å²) in [7, 11) is 0. The summed E-state index contributed by atoms with van der Waals surface area (Å²) in [4.78, 5) is 2.40. The van der Waals surface area contributed by atoms with Crippen LogP contribution in [0, 0.1) is 0 Å². The van der Waals surface area contributed by atoms with Gasteiger partial charge in [-0.1, -0.05) is 133 Å². The molecule has 0 N–H and O–H groups in total. The smallest absolute Gasteiger partial charge is 0.0467 e. The number of thiophene rings is 2. The van der Waals surface area contributed by atoms with Crippen LogP contribution >= 0.6 is 22.7 Å². The van der Waals surface area contributed by atoms with Crippen LogP contribution in [0.3, 0.4) is 0 Å². The summed E-state index contributed by atoms with van der Waals surface area (Å²) >= 11 is 3.73. The van der Waals surface area contributed by atoms with Gasteiger partial charge in [0.1, 0.15) is 0 Å². The lowest BCUT2D eigenvalue weighted by Crippen LogP contribution is -2.10. The third kappa shape index (κ3) is 5.51. The quantitative estimate of drug-likeness (QED) is 0.164. The predicted octanol–water partition coefficient (Wildman–Crippen LogP) is 16.0. The highest BCUT2D eigenvalue weighted by Gasteiger charge is 2.17. The molecule has 0 saturated carbocycles. The van der Waals surface area contributed by atoms with Crippen molar-refractivity contribution in [3.8, 4) is 33.4 Å². The summed E-state index contributed by atoms with van der Waals surface area (Å²) < 4.78 is 5.29. The molecule has 11 rings (SSSR count). The van der Waals surface area contributed by atoms with Gasteiger partial charge in [0.2, 0.25) is 0 Å². The maximum absolute atomic E-state index is 2.40. The monoisotopic (exact) mass is 735 g/mol. The fraction of sp³-hybridized carbons (Fsp3) is 0. The Bertz CT molecular complexity index is 3220. The first-order chi connectivity index (χ1) is 27.2. The molecule has 11 aromatic rings. The van der Waals surface area contributed by atoms with Gasteiger partial charge in [0, 0.05) is 57.4 Å². The molecule has 3 heteroatoms. The molecule has 1 nitrogen and oxygen atoms in total. The zero-order valence-electron chi connectivity index (χ0n) is 29.8. The third-order valence-electron chi connectivity index (χ3n) is 10.9. The van der Waals surface area contributed by atoms with Crippen molar-refractivity contribution >= 4 is 90.9 Å².